The van der Waals surface area contributed by atoms with E-state index in [1.54, 1.807) is 36.4 Å². The molecule has 0 radical (unpaired) electrons. The van der Waals surface area contributed by atoms with Crippen molar-refractivity contribution in [3.05, 3.63) is 59.7 Å². The molecule has 0 spiro atoms. The number of likely N-dealkylation sites (tertiary alicyclic amines) is 1. The van der Waals surface area contributed by atoms with Gasteiger partial charge in [-0.2, -0.15) is 0 Å². The van der Waals surface area contributed by atoms with Gasteiger partial charge in [0.1, 0.15) is 0 Å². The Morgan fingerprint density at radius 1 is 0.939 bits per heavy atom. The van der Waals surface area contributed by atoms with Crippen LogP contribution in [-0.2, 0) is 24.3 Å². The van der Waals surface area contributed by atoms with Crippen LogP contribution in [0.1, 0.15) is 30.4 Å². The van der Waals surface area contributed by atoms with Gasteiger partial charge in [-0.15, -0.1) is 0 Å². The highest BCUT2D eigenvalue weighted by Crippen LogP contribution is 2.27. The van der Waals surface area contributed by atoms with Gasteiger partial charge < -0.3 is 14.4 Å². The van der Waals surface area contributed by atoms with E-state index in [1.165, 1.54) is 4.31 Å². The zero-order valence-corrected chi connectivity index (χ0v) is 20.1. The maximum absolute atomic E-state index is 13.5. The molecule has 178 valence electrons. The molecule has 7 nitrogen and oxygen atoms in total. The van der Waals surface area contributed by atoms with Gasteiger partial charge in [-0.25, -0.2) is 8.42 Å². The lowest BCUT2D eigenvalue weighted by Gasteiger charge is -2.34. The predicted octanol–water partition coefficient (Wildman–Crippen LogP) is 3.50. The van der Waals surface area contributed by atoms with Crippen LogP contribution in [0.5, 0.6) is 0 Å². The summed E-state index contributed by atoms with van der Waals surface area (Å²) in [6, 6.07) is 14.1. The second-order valence-corrected chi connectivity index (χ2v) is 10.7. The van der Waals surface area contributed by atoms with Crippen LogP contribution < -0.4 is 4.31 Å². The highest BCUT2D eigenvalue weighted by atomic mass is 32.2. The number of anilines is 1. The minimum absolute atomic E-state index is 0.0297. The molecule has 0 N–H and O–H groups in total. The van der Waals surface area contributed by atoms with Crippen molar-refractivity contribution < 1.29 is 22.7 Å². The van der Waals surface area contributed by atoms with Gasteiger partial charge in [-0.3, -0.25) is 9.10 Å². The summed E-state index contributed by atoms with van der Waals surface area (Å²) >= 11 is 0. The topological polar surface area (TPSA) is 76.2 Å². The summed E-state index contributed by atoms with van der Waals surface area (Å²) in [6.45, 7) is 6.51. The first-order valence-corrected chi connectivity index (χ1v) is 13.0. The monoisotopic (exact) mass is 472 g/mol. The molecular formula is C25H32N2O5S. The lowest BCUT2D eigenvalue weighted by atomic mass is 9.96. The fraction of sp³-hybridized carbons (Fsp3) is 0.480. The Morgan fingerprint density at radius 3 is 2.06 bits per heavy atom. The van der Waals surface area contributed by atoms with Crippen molar-refractivity contribution in [2.75, 3.05) is 37.2 Å². The van der Waals surface area contributed by atoms with E-state index in [2.05, 4.69) is 0 Å². The maximum atomic E-state index is 13.5. The van der Waals surface area contributed by atoms with Crippen molar-refractivity contribution in [2.45, 2.75) is 44.3 Å². The Kier molecular flexibility index (Phi) is 7.36. The number of rotatable bonds is 7. The molecule has 2 heterocycles. The van der Waals surface area contributed by atoms with E-state index in [1.807, 2.05) is 30.9 Å². The van der Waals surface area contributed by atoms with E-state index >= 15 is 0 Å². The number of carbonyl (C=O) groups is 1. The van der Waals surface area contributed by atoms with Crippen LogP contribution in [0.2, 0.25) is 0 Å². The normalized spacial score (nSPS) is 17.9. The summed E-state index contributed by atoms with van der Waals surface area (Å²) < 4.78 is 39.5. The van der Waals surface area contributed by atoms with Crippen LogP contribution in [0.25, 0.3) is 0 Å². The lowest BCUT2D eigenvalue weighted by molar-refractivity contribution is -0.136. The number of ether oxygens (including phenoxy) is 2. The average Bonchev–Trinajstić information content (AvgIpc) is 3.35. The quantitative estimate of drug-likeness (QED) is 0.617. The van der Waals surface area contributed by atoms with E-state index in [4.69, 9.17) is 9.47 Å². The molecule has 0 bridgehead atoms. The van der Waals surface area contributed by atoms with Crippen molar-refractivity contribution >= 4 is 21.6 Å². The first-order valence-electron chi connectivity index (χ1n) is 11.5. The second kappa shape index (κ2) is 10.2. The molecule has 8 heteroatoms. The number of sulfonamides is 1. The van der Waals surface area contributed by atoms with Gasteiger partial charge in [0.15, 0.2) is 6.29 Å². The number of nitrogens with zero attached hydrogens (tertiary/aromatic N) is 2. The zero-order chi connectivity index (χ0) is 23.4. The molecule has 33 heavy (non-hydrogen) atoms. The van der Waals surface area contributed by atoms with Gasteiger partial charge in [0.2, 0.25) is 5.91 Å². The van der Waals surface area contributed by atoms with Crippen molar-refractivity contribution in [3.8, 4) is 0 Å². The molecule has 2 aromatic rings. The Morgan fingerprint density at radius 2 is 1.48 bits per heavy atom. The first-order chi connectivity index (χ1) is 15.8. The molecular weight excluding hydrogens is 440 g/mol. The number of amides is 1. The van der Waals surface area contributed by atoms with E-state index in [9.17, 15) is 13.2 Å². The van der Waals surface area contributed by atoms with Crippen molar-refractivity contribution in [2.24, 2.45) is 5.92 Å². The summed E-state index contributed by atoms with van der Waals surface area (Å²) in [6.07, 6.45) is 1.64. The largest absolute Gasteiger partial charge is 0.350 e. The summed E-state index contributed by atoms with van der Waals surface area (Å²) in [4.78, 5) is 15.0. The maximum Gasteiger partial charge on any atom is 0.264 e. The first kappa shape index (κ1) is 23.7. The number of hydrogen-bond acceptors (Lipinski definition) is 5. The molecule has 4 rings (SSSR count). The Hall–Kier alpha value is -2.42. The third-order valence-electron chi connectivity index (χ3n) is 6.38. The van der Waals surface area contributed by atoms with Crippen molar-refractivity contribution in [1.29, 1.82) is 0 Å². The lowest BCUT2D eigenvalue weighted by Crippen LogP contribution is -2.43. The fourth-order valence-electron chi connectivity index (χ4n) is 4.36. The second-order valence-electron chi connectivity index (χ2n) is 8.80. The molecule has 0 saturated carbocycles. The number of piperidine rings is 1. The van der Waals surface area contributed by atoms with E-state index in [0.717, 1.165) is 24.0 Å². The van der Waals surface area contributed by atoms with E-state index < -0.39 is 10.0 Å². The van der Waals surface area contributed by atoms with Crippen LogP contribution in [0.4, 0.5) is 5.69 Å². The molecule has 1 amide bonds. The Bertz CT molecular complexity index is 1040. The van der Waals surface area contributed by atoms with Crippen LogP contribution in [0.3, 0.4) is 0 Å². The fourth-order valence-corrected chi connectivity index (χ4v) is 5.83. The van der Waals surface area contributed by atoms with Gasteiger partial charge in [0, 0.05) is 32.0 Å². The predicted molar refractivity (Wildman–Crippen MR) is 127 cm³/mol. The standard InChI is InChI=1S/C25H32N2O5S/c1-19-3-7-22(8-4-19)27(33(29,30)23-9-5-20(2)6-10-23)16-13-24(28)26-14-11-21(12-15-26)25-31-17-18-32-25/h3-10,21,25H,11-18H2,1-2H3. The summed E-state index contributed by atoms with van der Waals surface area (Å²) in [5, 5.41) is 0. The molecule has 0 atom stereocenters. The SMILES string of the molecule is Cc1ccc(N(CCC(=O)N2CCC(C3OCCO3)CC2)S(=O)(=O)c2ccc(C)cc2)cc1. The minimum Gasteiger partial charge on any atom is -0.350 e. The zero-order valence-electron chi connectivity index (χ0n) is 19.3. The highest BCUT2D eigenvalue weighted by Gasteiger charge is 2.32. The third-order valence-corrected chi connectivity index (χ3v) is 8.23. The number of benzene rings is 2. The highest BCUT2D eigenvalue weighted by molar-refractivity contribution is 7.92. The van der Waals surface area contributed by atoms with Gasteiger partial charge in [0.25, 0.3) is 10.0 Å². The van der Waals surface area contributed by atoms with Crippen LogP contribution in [-0.4, -0.2) is 58.4 Å². The number of aryl methyl sites for hydroxylation is 2. The molecule has 2 fully saturated rings. The molecule has 2 aliphatic rings. The molecule has 0 aliphatic carbocycles. The van der Waals surface area contributed by atoms with Crippen molar-refractivity contribution in [1.82, 2.24) is 4.90 Å². The van der Waals surface area contributed by atoms with E-state index in [-0.39, 0.29) is 30.1 Å². The van der Waals surface area contributed by atoms with Crippen LogP contribution >= 0.6 is 0 Å². The average molecular weight is 473 g/mol. The summed E-state index contributed by atoms with van der Waals surface area (Å²) in [5.74, 6) is 0.278. The van der Waals surface area contributed by atoms with Crippen LogP contribution in [0, 0.1) is 19.8 Å². The number of hydrogen-bond donors (Lipinski definition) is 0. The van der Waals surface area contributed by atoms with Gasteiger partial charge in [0.05, 0.1) is 23.8 Å². The molecule has 2 saturated heterocycles. The smallest absolute Gasteiger partial charge is 0.264 e. The van der Waals surface area contributed by atoms with Gasteiger partial charge >= 0.3 is 0 Å². The van der Waals surface area contributed by atoms with Crippen LogP contribution in [0.15, 0.2) is 53.4 Å². The Balaban J connectivity index is 1.45. The Labute approximate surface area is 196 Å². The van der Waals surface area contributed by atoms with Gasteiger partial charge in [-0.1, -0.05) is 35.4 Å². The molecule has 0 aromatic heterocycles. The van der Waals surface area contributed by atoms with Gasteiger partial charge in [-0.05, 0) is 51.0 Å². The minimum atomic E-state index is -3.80. The molecule has 0 unspecified atom stereocenters. The molecule has 2 aliphatic heterocycles. The van der Waals surface area contributed by atoms with Crippen molar-refractivity contribution in [3.63, 3.8) is 0 Å². The number of carbonyl (C=O) groups excluding carboxylic acids is 1. The summed E-state index contributed by atoms with van der Waals surface area (Å²) in [5.41, 5.74) is 2.59. The summed E-state index contributed by atoms with van der Waals surface area (Å²) in [7, 11) is -3.80. The molecule has 2 aromatic carbocycles. The van der Waals surface area contributed by atoms with E-state index in [0.29, 0.717) is 37.9 Å². The third kappa shape index (κ3) is 5.57.